The van der Waals surface area contributed by atoms with E-state index in [2.05, 4.69) is 20.3 Å². The Morgan fingerprint density at radius 2 is 1.97 bits per heavy atom. The first-order valence-electron chi connectivity index (χ1n) is 13.0. The molecular weight excluding hydrogens is 503 g/mol. The molecule has 1 unspecified atom stereocenters. The summed E-state index contributed by atoms with van der Waals surface area (Å²) in [4.78, 5) is 32.3. The van der Waals surface area contributed by atoms with Crippen molar-refractivity contribution in [3.05, 3.63) is 82.0 Å². The Hall–Kier alpha value is -3.93. The number of anilines is 1. The van der Waals surface area contributed by atoms with Gasteiger partial charge < -0.3 is 24.7 Å². The van der Waals surface area contributed by atoms with E-state index >= 15 is 0 Å². The number of H-pyrrole nitrogens is 1. The van der Waals surface area contributed by atoms with Crippen molar-refractivity contribution in [1.29, 1.82) is 5.53 Å². The summed E-state index contributed by atoms with van der Waals surface area (Å²) in [6.07, 6.45) is 2.29. The zero-order chi connectivity index (χ0) is 27.2. The van der Waals surface area contributed by atoms with Crippen molar-refractivity contribution in [2.45, 2.75) is 12.5 Å². The van der Waals surface area contributed by atoms with E-state index in [0.717, 1.165) is 39.3 Å². The summed E-state index contributed by atoms with van der Waals surface area (Å²) in [7, 11) is 0. The van der Waals surface area contributed by atoms with Crippen LogP contribution in [0.15, 0.2) is 64.6 Å². The van der Waals surface area contributed by atoms with Crippen LogP contribution in [0.4, 0.5) is 10.1 Å². The highest BCUT2D eigenvalue weighted by Crippen LogP contribution is 2.21. The molecule has 3 aromatic rings. The predicted octanol–water partition coefficient (Wildman–Crippen LogP) is 3.67. The SMILES string of the molecule is N=N/C(=C\Nc1ccc(C(=O)N2CCC(OCCN3CCOCC3)C2)cc1)c1cc2cc(F)ccc2[nH]c1=O. The van der Waals surface area contributed by atoms with Gasteiger partial charge in [0.25, 0.3) is 11.5 Å². The number of halogens is 1. The summed E-state index contributed by atoms with van der Waals surface area (Å²) in [5.74, 6) is -0.476. The topological polar surface area (TPSA) is 123 Å². The fourth-order valence-electron chi connectivity index (χ4n) is 4.80. The Morgan fingerprint density at radius 3 is 2.74 bits per heavy atom. The lowest BCUT2D eigenvalue weighted by Crippen LogP contribution is -2.39. The number of morpholine rings is 1. The van der Waals surface area contributed by atoms with Crippen LogP contribution in [0.1, 0.15) is 22.3 Å². The van der Waals surface area contributed by atoms with Gasteiger partial charge >= 0.3 is 0 Å². The number of likely N-dealkylation sites (tertiary alicyclic amines) is 1. The summed E-state index contributed by atoms with van der Waals surface area (Å²) in [6.45, 7) is 6.15. The lowest BCUT2D eigenvalue weighted by atomic mass is 10.1. The van der Waals surface area contributed by atoms with Crippen molar-refractivity contribution in [2.75, 3.05) is 57.9 Å². The lowest BCUT2D eigenvalue weighted by molar-refractivity contribution is 0.00424. The highest BCUT2D eigenvalue weighted by Gasteiger charge is 2.27. The molecule has 5 rings (SSSR count). The Morgan fingerprint density at radius 1 is 1.18 bits per heavy atom. The molecule has 2 aliphatic heterocycles. The number of benzene rings is 2. The number of aromatic amines is 1. The van der Waals surface area contributed by atoms with Crippen LogP contribution >= 0.6 is 0 Å². The summed E-state index contributed by atoms with van der Waals surface area (Å²) < 4.78 is 25.0. The predicted molar refractivity (Wildman–Crippen MR) is 145 cm³/mol. The molecule has 1 amide bonds. The summed E-state index contributed by atoms with van der Waals surface area (Å²) >= 11 is 0. The molecule has 0 aliphatic carbocycles. The Kier molecular flexibility index (Phi) is 8.40. The first-order chi connectivity index (χ1) is 19.0. The molecule has 0 bridgehead atoms. The minimum atomic E-state index is -0.437. The molecule has 1 aromatic heterocycles. The smallest absolute Gasteiger partial charge is 0.258 e. The first kappa shape index (κ1) is 26.7. The zero-order valence-electron chi connectivity index (χ0n) is 21.5. The fraction of sp³-hybridized carbons (Fsp3) is 0.357. The second-order valence-electron chi connectivity index (χ2n) is 9.59. The number of hydrogen-bond donors (Lipinski definition) is 3. The number of pyridine rings is 1. The molecule has 2 fully saturated rings. The van der Waals surface area contributed by atoms with Gasteiger partial charge in [-0.2, -0.15) is 5.11 Å². The number of carbonyl (C=O) groups is 1. The molecule has 10 nitrogen and oxygen atoms in total. The third-order valence-corrected chi connectivity index (χ3v) is 7.01. The van der Waals surface area contributed by atoms with Crippen LogP contribution in [-0.4, -0.2) is 79.3 Å². The molecule has 204 valence electrons. The maximum atomic E-state index is 13.6. The monoisotopic (exact) mass is 534 g/mol. The van der Waals surface area contributed by atoms with E-state index in [9.17, 15) is 14.0 Å². The number of fused-ring (bicyclic) bond motifs is 1. The average molecular weight is 535 g/mol. The van der Waals surface area contributed by atoms with Gasteiger partial charge in [0, 0.05) is 61.1 Å². The maximum Gasteiger partial charge on any atom is 0.258 e. The number of rotatable bonds is 9. The summed E-state index contributed by atoms with van der Waals surface area (Å²) in [5.41, 5.74) is 9.02. The first-order valence-corrected chi connectivity index (χ1v) is 13.0. The van der Waals surface area contributed by atoms with Gasteiger partial charge in [-0.05, 0) is 55.0 Å². The molecular formula is C28H31FN6O4. The van der Waals surface area contributed by atoms with Crippen LogP contribution in [0.5, 0.6) is 0 Å². The lowest BCUT2D eigenvalue weighted by Gasteiger charge is -2.26. The van der Waals surface area contributed by atoms with E-state index in [0.29, 0.717) is 41.9 Å². The van der Waals surface area contributed by atoms with E-state index in [1.54, 1.807) is 24.3 Å². The highest BCUT2D eigenvalue weighted by atomic mass is 19.1. The van der Waals surface area contributed by atoms with Gasteiger partial charge in [-0.25, -0.2) is 9.92 Å². The maximum absolute atomic E-state index is 13.6. The van der Waals surface area contributed by atoms with E-state index < -0.39 is 11.4 Å². The van der Waals surface area contributed by atoms with E-state index in [4.69, 9.17) is 15.0 Å². The third kappa shape index (κ3) is 6.56. The van der Waals surface area contributed by atoms with Gasteiger partial charge in [0.15, 0.2) is 0 Å². The number of nitrogens with one attached hydrogen (secondary N) is 3. The van der Waals surface area contributed by atoms with Gasteiger partial charge in [-0.15, -0.1) is 0 Å². The second-order valence-corrected chi connectivity index (χ2v) is 9.59. The molecule has 2 aromatic carbocycles. The summed E-state index contributed by atoms with van der Waals surface area (Å²) in [6, 6.07) is 12.5. The number of aromatic nitrogens is 1. The van der Waals surface area contributed by atoms with Crippen LogP contribution in [0, 0.1) is 11.3 Å². The quantitative estimate of drug-likeness (QED) is 0.360. The van der Waals surface area contributed by atoms with Gasteiger partial charge in [-0.1, -0.05) is 0 Å². The molecule has 0 saturated carbocycles. The number of amides is 1. The van der Waals surface area contributed by atoms with Crippen molar-refractivity contribution in [1.82, 2.24) is 14.8 Å². The largest absolute Gasteiger partial charge is 0.379 e. The van der Waals surface area contributed by atoms with E-state index in [-0.39, 0.29) is 23.3 Å². The minimum absolute atomic E-state index is 0.0443. The number of carbonyl (C=O) groups excluding carboxylic acids is 1. The van der Waals surface area contributed by atoms with Gasteiger partial charge in [0.05, 0.1) is 31.5 Å². The third-order valence-electron chi connectivity index (χ3n) is 7.01. The highest BCUT2D eigenvalue weighted by molar-refractivity contribution is 5.94. The van der Waals surface area contributed by atoms with E-state index in [1.165, 1.54) is 30.5 Å². The Bertz CT molecular complexity index is 1420. The van der Waals surface area contributed by atoms with Crippen LogP contribution in [-0.2, 0) is 9.47 Å². The van der Waals surface area contributed by atoms with E-state index in [1.807, 2.05) is 4.90 Å². The van der Waals surface area contributed by atoms with Crippen LogP contribution < -0.4 is 10.9 Å². The van der Waals surface area contributed by atoms with Crippen LogP contribution in [0.25, 0.3) is 16.6 Å². The number of nitrogens with zero attached hydrogens (tertiary/aromatic N) is 3. The second kappa shape index (κ2) is 12.3. The van der Waals surface area contributed by atoms with Crippen LogP contribution in [0.2, 0.25) is 0 Å². The van der Waals surface area contributed by atoms with Crippen molar-refractivity contribution in [3.8, 4) is 0 Å². The molecule has 2 saturated heterocycles. The molecule has 0 radical (unpaired) electrons. The Balaban J connectivity index is 1.16. The number of ether oxygens (including phenoxy) is 2. The molecule has 0 spiro atoms. The van der Waals surface area contributed by atoms with Crippen LogP contribution in [0.3, 0.4) is 0 Å². The zero-order valence-corrected chi connectivity index (χ0v) is 21.5. The normalized spacial score (nSPS) is 18.4. The molecule has 3 N–H and O–H groups in total. The Labute approximate surface area is 224 Å². The fourth-order valence-corrected chi connectivity index (χ4v) is 4.80. The molecule has 3 heterocycles. The van der Waals surface area contributed by atoms with Gasteiger partial charge in [-0.3, -0.25) is 14.5 Å². The molecule has 2 aliphatic rings. The van der Waals surface area contributed by atoms with Crippen molar-refractivity contribution < 1.29 is 18.7 Å². The van der Waals surface area contributed by atoms with Crippen molar-refractivity contribution in [2.24, 2.45) is 5.11 Å². The van der Waals surface area contributed by atoms with Gasteiger partial charge in [0.1, 0.15) is 11.5 Å². The molecule has 11 heteroatoms. The summed E-state index contributed by atoms with van der Waals surface area (Å²) in [5, 5.41) is 6.98. The molecule has 39 heavy (non-hydrogen) atoms. The standard InChI is InChI=1S/C28H31FN6O4/c29-21-3-6-25-20(15-21)16-24(27(36)32-25)26(33-30)17-31-22-4-1-19(2-5-22)28(37)35-8-7-23(18-35)39-14-11-34-9-12-38-13-10-34/h1-6,15-17,23,30-31H,7-14,18H2,(H,32,36)/b26-17-,33-30?. The molecule has 1 atom stereocenters. The minimum Gasteiger partial charge on any atom is -0.379 e. The number of hydrogen-bond acceptors (Lipinski definition) is 8. The van der Waals surface area contributed by atoms with Crippen molar-refractivity contribution >= 4 is 28.2 Å². The van der Waals surface area contributed by atoms with Crippen molar-refractivity contribution in [3.63, 3.8) is 0 Å². The van der Waals surface area contributed by atoms with Gasteiger partial charge in [0.2, 0.25) is 0 Å². The average Bonchev–Trinajstić information content (AvgIpc) is 3.43.